The molecule has 2 nitrogen and oxygen atoms in total. The first kappa shape index (κ1) is 14.3. The van der Waals surface area contributed by atoms with E-state index in [2.05, 4.69) is 25.7 Å². The van der Waals surface area contributed by atoms with E-state index in [1.165, 1.54) is 45.1 Å². The summed E-state index contributed by atoms with van der Waals surface area (Å²) in [5.74, 6) is 2.52. The van der Waals surface area contributed by atoms with Gasteiger partial charge in [0, 0.05) is 18.6 Å². The predicted octanol–water partition coefficient (Wildman–Crippen LogP) is 3.26. The standard InChI is InChI=1S/C16H32N2/c1-12(2)14-8-4-5-9-15(14)18-10-6-7-13(3)16(18)11-17/h12-16H,4-11,17H2,1-3H3. The van der Waals surface area contributed by atoms with Crippen molar-refractivity contribution in [2.24, 2.45) is 23.5 Å². The molecule has 0 aromatic rings. The highest BCUT2D eigenvalue weighted by Gasteiger charge is 2.38. The lowest BCUT2D eigenvalue weighted by molar-refractivity contribution is 0.00440. The molecule has 1 saturated heterocycles. The fraction of sp³-hybridized carbons (Fsp3) is 1.00. The molecule has 0 spiro atoms. The van der Waals surface area contributed by atoms with E-state index < -0.39 is 0 Å². The summed E-state index contributed by atoms with van der Waals surface area (Å²) in [6, 6.07) is 1.46. The number of likely N-dealkylation sites (tertiary alicyclic amines) is 1. The molecule has 2 rings (SSSR count). The summed E-state index contributed by atoms with van der Waals surface area (Å²) in [4.78, 5) is 2.80. The van der Waals surface area contributed by atoms with Crippen LogP contribution in [0.1, 0.15) is 59.3 Å². The van der Waals surface area contributed by atoms with Crippen molar-refractivity contribution in [2.45, 2.75) is 71.4 Å². The van der Waals surface area contributed by atoms with E-state index in [0.717, 1.165) is 30.3 Å². The Balaban J connectivity index is 2.10. The topological polar surface area (TPSA) is 29.3 Å². The smallest absolute Gasteiger partial charge is 0.0247 e. The Morgan fingerprint density at radius 3 is 2.50 bits per heavy atom. The Morgan fingerprint density at radius 1 is 1.11 bits per heavy atom. The second kappa shape index (κ2) is 6.38. The van der Waals surface area contributed by atoms with Crippen LogP contribution in [0.25, 0.3) is 0 Å². The highest BCUT2D eigenvalue weighted by atomic mass is 15.2. The third-order valence-corrected chi connectivity index (χ3v) is 5.46. The van der Waals surface area contributed by atoms with Crippen LogP contribution >= 0.6 is 0 Å². The monoisotopic (exact) mass is 252 g/mol. The first-order valence-corrected chi connectivity index (χ1v) is 8.11. The molecule has 2 aliphatic rings. The van der Waals surface area contributed by atoms with Crippen molar-refractivity contribution < 1.29 is 0 Å². The van der Waals surface area contributed by atoms with Gasteiger partial charge in [0.1, 0.15) is 0 Å². The summed E-state index contributed by atoms with van der Waals surface area (Å²) in [5, 5.41) is 0. The summed E-state index contributed by atoms with van der Waals surface area (Å²) in [6.45, 7) is 9.36. The van der Waals surface area contributed by atoms with Crippen LogP contribution in [0.5, 0.6) is 0 Å². The van der Waals surface area contributed by atoms with E-state index in [0.29, 0.717) is 6.04 Å². The fourth-order valence-electron chi connectivity index (χ4n) is 4.39. The minimum atomic E-state index is 0.642. The molecule has 2 fully saturated rings. The van der Waals surface area contributed by atoms with Gasteiger partial charge in [-0.05, 0) is 50.0 Å². The zero-order chi connectivity index (χ0) is 13.1. The van der Waals surface area contributed by atoms with E-state index in [4.69, 9.17) is 5.73 Å². The third-order valence-electron chi connectivity index (χ3n) is 5.46. The van der Waals surface area contributed by atoms with Gasteiger partial charge >= 0.3 is 0 Å². The molecule has 0 aromatic carbocycles. The normalized spacial score (nSPS) is 39.2. The number of hydrogen-bond donors (Lipinski definition) is 1. The lowest BCUT2D eigenvalue weighted by atomic mass is 9.75. The Labute approximate surface area is 113 Å². The van der Waals surface area contributed by atoms with Crippen LogP contribution < -0.4 is 5.73 Å². The Morgan fingerprint density at radius 2 is 1.83 bits per heavy atom. The van der Waals surface area contributed by atoms with E-state index >= 15 is 0 Å². The molecule has 0 aromatic heterocycles. The van der Waals surface area contributed by atoms with Crippen LogP contribution in [0.15, 0.2) is 0 Å². The van der Waals surface area contributed by atoms with Crippen molar-refractivity contribution in [3.63, 3.8) is 0 Å². The molecule has 0 radical (unpaired) electrons. The number of rotatable bonds is 3. The van der Waals surface area contributed by atoms with Gasteiger partial charge in [0.25, 0.3) is 0 Å². The Hall–Kier alpha value is -0.0800. The van der Waals surface area contributed by atoms with Gasteiger partial charge in [-0.3, -0.25) is 4.90 Å². The number of piperidine rings is 1. The van der Waals surface area contributed by atoms with Crippen molar-refractivity contribution in [1.82, 2.24) is 4.90 Å². The highest BCUT2D eigenvalue weighted by molar-refractivity contribution is 4.92. The number of hydrogen-bond acceptors (Lipinski definition) is 2. The highest BCUT2D eigenvalue weighted by Crippen LogP contribution is 2.37. The molecule has 1 heterocycles. The van der Waals surface area contributed by atoms with Crippen LogP contribution in [0.4, 0.5) is 0 Å². The van der Waals surface area contributed by atoms with Crippen LogP contribution in [-0.2, 0) is 0 Å². The van der Waals surface area contributed by atoms with E-state index in [9.17, 15) is 0 Å². The summed E-state index contributed by atoms with van der Waals surface area (Å²) in [7, 11) is 0. The minimum Gasteiger partial charge on any atom is -0.329 e. The molecule has 2 heteroatoms. The molecule has 4 unspecified atom stereocenters. The average molecular weight is 252 g/mol. The van der Waals surface area contributed by atoms with Gasteiger partial charge in [-0.2, -0.15) is 0 Å². The van der Waals surface area contributed by atoms with E-state index in [1.54, 1.807) is 0 Å². The zero-order valence-electron chi connectivity index (χ0n) is 12.6. The molecule has 1 aliphatic carbocycles. The third kappa shape index (κ3) is 2.91. The van der Waals surface area contributed by atoms with Crippen LogP contribution in [0.3, 0.4) is 0 Å². The van der Waals surface area contributed by atoms with Crippen molar-refractivity contribution >= 4 is 0 Å². The van der Waals surface area contributed by atoms with Crippen molar-refractivity contribution in [2.75, 3.05) is 13.1 Å². The molecule has 2 N–H and O–H groups in total. The average Bonchev–Trinajstić information content (AvgIpc) is 2.38. The minimum absolute atomic E-state index is 0.642. The molecule has 4 atom stereocenters. The number of nitrogens with two attached hydrogens (primary N) is 1. The molecule has 1 saturated carbocycles. The van der Waals surface area contributed by atoms with Crippen LogP contribution in [0.2, 0.25) is 0 Å². The fourth-order valence-corrected chi connectivity index (χ4v) is 4.39. The van der Waals surface area contributed by atoms with Gasteiger partial charge in [0.05, 0.1) is 0 Å². The largest absolute Gasteiger partial charge is 0.329 e. The summed E-state index contributed by atoms with van der Waals surface area (Å²) >= 11 is 0. The summed E-state index contributed by atoms with van der Waals surface area (Å²) < 4.78 is 0. The van der Waals surface area contributed by atoms with Crippen LogP contribution in [0, 0.1) is 17.8 Å². The van der Waals surface area contributed by atoms with E-state index in [1.807, 2.05) is 0 Å². The van der Waals surface area contributed by atoms with Gasteiger partial charge < -0.3 is 5.73 Å². The van der Waals surface area contributed by atoms with Crippen molar-refractivity contribution in [3.05, 3.63) is 0 Å². The maximum atomic E-state index is 6.07. The second-order valence-electron chi connectivity index (χ2n) is 6.92. The maximum absolute atomic E-state index is 6.07. The zero-order valence-corrected chi connectivity index (χ0v) is 12.6. The molecular weight excluding hydrogens is 220 g/mol. The molecule has 0 bridgehead atoms. The molecule has 106 valence electrons. The Bertz CT molecular complexity index is 245. The summed E-state index contributed by atoms with van der Waals surface area (Å²) in [5.41, 5.74) is 6.07. The molecular formula is C16H32N2. The second-order valence-corrected chi connectivity index (χ2v) is 6.92. The van der Waals surface area contributed by atoms with Gasteiger partial charge in [0.15, 0.2) is 0 Å². The Kier molecular flexibility index (Phi) is 5.08. The molecule has 1 aliphatic heterocycles. The van der Waals surface area contributed by atoms with Gasteiger partial charge in [-0.25, -0.2) is 0 Å². The summed E-state index contributed by atoms with van der Waals surface area (Å²) in [6.07, 6.45) is 8.46. The van der Waals surface area contributed by atoms with Crippen molar-refractivity contribution in [3.8, 4) is 0 Å². The first-order chi connectivity index (χ1) is 8.65. The van der Waals surface area contributed by atoms with Crippen LogP contribution in [-0.4, -0.2) is 30.1 Å². The molecule has 0 amide bonds. The first-order valence-electron chi connectivity index (χ1n) is 8.11. The SMILES string of the molecule is CC(C)C1CCCCC1N1CCCC(C)C1CN. The van der Waals surface area contributed by atoms with E-state index in [-0.39, 0.29) is 0 Å². The lowest BCUT2D eigenvalue weighted by Gasteiger charge is -2.49. The lowest BCUT2D eigenvalue weighted by Crippen LogP contribution is -2.56. The number of nitrogens with zero attached hydrogens (tertiary/aromatic N) is 1. The predicted molar refractivity (Wildman–Crippen MR) is 78.5 cm³/mol. The van der Waals surface area contributed by atoms with Gasteiger partial charge in [0.2, 0.25) is 0 Å². The maximum Gasteiger partial charge on any atom is 0.0247 e. The van der Waals surface area contributed by atoms with Gasteiger partial charge in [-0.15, -0.1) is 0 Å². The van der Waals surface area contributed by atoms with Gasteiger partial charge in [-0.1, -0.05) is 33.6 Å². The quantitative estimate of drug-likeness (QED) is 0.835. The van der Waals surface area contributed by atoms with Crippen molar-refractivity contribution in [1.29, 1.82) is 0 Å². The molecule has 18 heavy (non-hydrogen) atoms.